The van der Waals surface area contributed by atoms with Gasteiger partial charge in [0.15, 0.2) is 0 Å². The van der Waals surface area contributed by atoms with E-state index in [0.717, 1.165) is 6.42 Å². The third-order valence-corrected chi connectivity index (χ3v) is 3.28. The summed E-state index contributed by atoms with van der Waals surface area (Å²) in [5.74, 6) is 0.267. The number of hydrogen-bond donors (Lipinski definition) is 0. The summed E-state index contributed by atoms with van der Waals surface area (Å²) in [4.78, 5) is 0. The maximum absolute atomic E-state index is 12.1. The van der Waals surface area contributed by atoms with Gasteiger partial charge < -0.3 is 4.43 Å². The van der Waals surface area contributed by atoms with E-state index >= 15 is 0 Å². The zero-order valence-electron chi connectivity index (χ0n) is 10.1. The highest BCUT2D eigenvalue weighted by molar-refractivity contribution is 6.16. The minimum atomic E-state index is -0.927. The zero-order valence-corrected chi connectivity index (χ0v) is 11.1. The molecule has 0 heterocycles. The van der Waals surface area contributed by atoms with Crippen molar-refractivity contribution in [2.24, 2.45) is 0 Å². The van der Waals surface area contributed by atoms with Gasteiger partial charge >= 0.3 is 10.1 Å². The summed E-state index contributed by atoms with van der Waals surface area (Å²) in [6.45, 7) is 0.448. The second kappa shape index (κ2) is 7.09. The predicted octanol–water partition coefficient (Wildman–Crippen LogP) is 3.73. The second-order valence-electron chi connectivity index (χ2n) is 4.09. The minimum Gasteiger partial charge on any atom is -0.389 e. The highest BCUT2D eigenvalue weighted by Crippen LogP contribution is 2.27. The average Bonchev–Trinajstić information content (AvgIpc) is 2.46. The van der Waals surface area contributed by atoms with Gasteiger partial charge in [-0.05, 0) is 17.5 Å². The standard InChI is InChI=1S/C15H15FOSi/c16-18-17-12-11-15(13-7-3-1-4-8-13)14-9-5-2-6-10-14/h1-10,15H,11-12H2. The molecule has 0 saturated heterocycles. The van der Waals surface area contributed by atoms with Crippen LogP contribution in [0.1, 0.15) is 23.5 Å². The molecule has 1 nitrogen and oxygen atoms in total. The number of rotatable bonds is 6. The van der Waals surface area contributed by atoms with Gasteiger partial charge in [-0.25, -0.2) is 0 Å². The van der Waals surface area contributed by atoms with Crippen LogP contribution in [-0.4, -0.2) is 16.7 Å². The molecule has 0 atom stereocenters. The van der Waals surface area contributed by atoms with Crippen LogP contribution in [0.2, 0.25) is 0 Å². The van der Waals surface area contributed by atoms with Gasteiger partial charge in [0.25, 0.3) is 0 Å². The molecule has 2 rings (SSSR count). The Hall–Kier alpha value is -1.45. The van der Waals surface area contributed by atoms with Crippen LogP contribution in [0, 0.1) is 0 Å². The molecule has 0 aliphatic carbocycles. The molecule has 0 aromatic heterocycles. The van der Waals surface area contributed by atoms with Crippen LogP contribution in [0.4, 0.5) is 4.11 Å². The molecule has 0 N–H and O–H groups in total. The number of hydrogen-bond acceptors (Lipinski definition) is 1. The summed E-state index contributed by atoms with van der Waals surface area (Å²) in [6.07, 6.45) is 0.797. The Morgan fingerprint density at radius 3 is 1.83 bits per heavy atom. The van der Waals surface area contributed by atoms with Crippen LogP contribution >= 0.6 is 0 Å². The Morgan fingerprint density at radius 1 is 0.889 bits per heavy atom. The Labute approximate surface area is 110 Å². The molecule has 0 aliphatic heterocycles. The van der Waals surface area contributed by atoms with Crippen molar-refractivity contribution in [3.63, 3.8) is 0 Å². The first-order valence-electron chi connectivity index (χ1n) is 5.99. The van der Waals surface area contributed by atoms with Crippen molar-refractivity contribution < 1.29 is 8.53 Å². The third-order valence-electron chi connectivity index (χ3n) is 2.97. The monoisotopic (exact) mass is 258 g/mol. The number of halogens is 1. The third kappa shape index (κ3) is 3.52. The van der Waals surface area contributed by atoms with Crippen LogP contribution in [0.3, 0.4) is 0 Å². The lowest BCUT2D eigenvalue weighted by Crippen LogP contribution is -2.06. The molecule has 18 heavy (non-hydrogen) atoms. The van der Waals surface area contributed by atoms with E-state index in [1.807, 2.05) is 36.4 Å². The maximum atomic E-state index is 12.1. The summed E-state index contributed by atoms with van der Waals surface area (Å²) in [5.41, 5.74) is 2.49. The molecule has 0 bridgehead atoms. The summed E-state index contributed by atoms with van der Waals surface area (Å²) in [6, 6.07) is 20.6. The Balaban J connectivity index is 2.18. The van der Waals surface area contributed by atoms with Gasteiger partial charge in [-0.3, -0.25) is 4.11 Å². The van der Waals surface area contributed by atoms with Gasteiger partial charge in [-0.15, -0.1) is 0 Å². The highest BCUT2D eigenvalue weighted by atomic mass is 28.3. The van der Waals surface area contributed by atoms with Gasteiger partial charge in [-0.2, -0.15) is 0 Å². The zero-order chi connectivity index (χ0) is 12.6. The smallest absolute Gasteiger partial charge is 0.389 e. The second-order valence-corrected chi connectivity index (χ2v) is 4.53. The molecular weight excluding hydrogens is 243 g/mol. The average molecular weight is 258 g/mol. The summed E-state index contributed by atoms with van der Waals surface area (Å²) in [5, 5.41) is 0. The molecule has 0 fully saturated rings. The van der Waals surface area contributed by atoms with E-state index in [1.54, 1.807) is 0 Å². The first-order chi connectivity index (χ1) is 8.92. The quantitative estimate of drug-likeness (QED) is 0.436. The fourth-order valence-electron chi connectivity index (χ4n) is 2.11. The largest absolute Gasteiger partial charge is 0.485 e. The molecule has 3 heteroatoms. The summed E-state index contributed by atoms with van der Waals surface area (Å²) < 4.78 is 16.9. The van der Waals surface area contributed by atoms with Gasteiger partial charge in [0, 0.05) is 12.5 Å². The molecule has 0 spiro atoms. The summed E-state index contributed by atoms with van der Waals surface area (Å²) >= 11 is 0. The van der Waals surface area contributed by atoms with Crippen LogP contribution in [-0.2, 0) is 4.43 Å². The predicted molar refractivity (Wildman–Crippen MR) is 72.2 cm³/mol. The van der Waals surface area contributed by atoms with E-state index in [9.17, 15) is 4.11 Å². The van der Waals surface area contributed by atoms with Crippen LogP contribution in [0.15, 0.2) is 60.7 Å². The van der Waals surface area contributed by atoms with E-state index in [-0.39, 0.29) is 5.92 Å². The van der Waals surface area contributed by atoms with Crippen molar-refractivity contribution >= 4 is 10.1 Å². The van der Waals surface area contributed by atoms with E-state index in [0.29, 0.717) is 6.61 Å². The Bertz CT molecular complexity index is 407. The van der Waals surface area contributed by atoms with Crippen molar-refractivity contribution in [2.75, 3.05) is 6.61 Å². The first kappa shape index (κ1) is 13.0. The molecule has 0 unspecified atom stereocenters. The van der Waals surface area contributed by atoms with Crippen molar-refractivity contribution in [1.82, 2.24) is 0 Å². The van der Waals surface area contributed by atoms with Gasteiger partial charge in [0.2, 0.25) is 0 Å². The normalized spacial score (nSPS) is 10.8. The topological polar surface area (TPSA) is 9.23 Å². The van der Waals surface area contributed by atoms with Crippen molar-refractivity contribution in [3.05, 3.63) is 71.8 Å². The lowest BCUT2D eigenvalue weighted by molar-refractivity contribution is 0.298. The molecular formula is C15H15FOSi. The van der Waals surface area contributed by atoms with Crippen LogP contribution in [0.25, 0.3) is 0 Å². The molecule has 0 amide bonds. The van der Waals surface area contributed by atoms with Crippen molar-refractivity contribution in [1.29, 1.82) is 0 Å². The molecule has 0 aliphatic rings. The molecule has 2 radical (unpaired) electrons. The SMILES string of the molecule is F[Si]OCCC(c1ccccc1)c1ccccc1. The van der Waals surface area contributed by atoms with Crippen LogP contribution in [0.5, 0.6) is 0 Å². The van der Waals surface area contributed by atoms with E-state index in [2.05, 4.69) is 24.3 Å². The molecule has 2 aromatic rings. The van der Waals surface area contributed by atoms with Gasteiger partial charge in [0.1, 0.15) is 0 Å². The Morgan fingerprint density at radius 2 is 1.39 bits per heavy atom. The van der Waals surface area contributed by atoms with Gasteiger partial charge in [-0.1, -0.05) is 60.7 Å². The Kier molecular flexibility index (Phi) is 5.11. The van der Waals surface area contributed by atoms with Crippen molar-refractivity contribution in [2.45, 2.75) is 12.3 Å². The van der Waals surface area contributed by atoms with E-state index in [1.165, 1.54) is 11.1 Å². The van der Waals surface area contributed by atoms with Crippen molar-refractivity contribution in [3.8, 4) is 0 Å². The van der Waals surface area contributed by atoms with Gasteiger partial charge in [0.05, 0.1) is 0 Å². The first-order valence-corrected chi connectivity index (χ1v) is 6.77. The molecule has 92 valence electrons. The summed E-state index contributed by atoms with van der Waals surface area (Å²) in [7, 11) is -0.927. The minimum absolute atomic E-state index is 0.267. The lowest BCUT2D eigenvalue weighted by atomic mass is 9.89. The maximum Gasteiger partial charge on any atom is 0.485 e. The molecule has 0 saturated carbocycles. The molecule has 2 aromatic carbocycles. The fraction of sp³-hybridized carbons (Fsp3) is 0.200. The highest BCUT2D eigenvalue weighted by Gasteiger charge is 2.13. The van der Waals surface area contributed by atoms with E-state index < -0.39 is 10.1 Å². The lowest BCUT2D eigenvalue weighted by Gasteiger charge is -2.17. The van der Waals surface area contributed by atoms with Crippen LogP contribution < -0.4 is 0 Å². The number of benzene rings is 2. The fourth-order valence-corrected chi connectivity index (χ4v) is 2.31. The van der Waals surface area contributed by atoms with E-state index in [4.69, 9.17) is 4.43 Å².